The zero-order valence-corrected chi connectivity index (χ0v) is 14.0. The van der Waals surface area contributed by atoms with Gasteiger partial charge in [0.15, 0.2) is 5.82 Å². The average Bonchev–Trinajstić information content (AvgIpc) is 2.85. The highest BCUT2D eigenvalue weighted by molar-refractivity contribution is 14.1. The summed E-state index contributed by atoms with van der Waals surface area (Å²) in [5, 5.41) is 13.3. The Morgan fingerprint density at radius 1 is 1.35 bits per heavy atom. The minimum absolute atomic E-state index is 0.117. The van der Waals surface area contributed by atoms with Crippen LogP contribution in [0.3, 0.4) is 0 Å². The van der Waals surface area contributed by atoms with Gasteiger partial charge in [-0.2, -0.15) is 0 Å². The van der Waals surface area contributed by atoms with Gasteiger partial charge in [0.2, 0.25) is 5.58 Å². The quantitative estimate of drug-likeness (QED) is 0.631. The highest BCUT2D eigenvalue weighted by atomic mass is 127. The predicted molar refractivity (Wildman–Crippen MR) is 87.6 cm³/mol. The summed E-state index contributed by atoms with van der Waals surface area (Å²) in [6.45, 7) is 1.59. The van der Waals surface area contributed by atoms with E-state index in [0.29, 0.717) is 14.7 Å². The monoisotopic (exact) mass is 429 g/mol. The van der Waals surface area contributed by atoms with Gasteiger partial charge < -0.3 is 9.63 Å². The number of carboxylic acids is 1. The zero-order chi connectivity index (χ0) is 16.7. The minimum Gasteiger partial charge on any atom is -0.478 e. The van der Waals surface area contributed by atoms with E-state index in [4.69, 9.17) is 4.52 Å². The van der Waals surface area contributed by atoms with E-state index in [9.17, 15) is 18.7 Å². The van der Waals surface area contributed by atoms with Crippen LogP contribution in [0.15, 0.2) is 28.8 Å². The van der Waals surface area contributed by atoms with E-state index in [0.717, 1.165) is 0 Å². The van der Waals surface area contributed by atoms with Crippen LogP contribution in [-0.2, 0) is 6.42 Å². The predicted octanol–water partition coefficient (Wildman–Crippen LogP) is 4.31. The Labute approximate surface area is 143 Å². The van der Waals surface area contributed by atoms with Crippen molar-refractivity contribution in [2.24, 2.45) is 0 Å². The molecule has 0 unspecified atom stereocenters. The van der Waals surface area contributed by atoms with E-state index >= 15 is 0 Å². The molecular weight excluding hydrogens is 419 g/mol. The lowest BCUT2D eigenvalue weighted by molar-refractivity contribution is 0.0695. The van der Waals surface area contributed by atoms with Crippen molar-refractivity contribution in [3.8, 4) is 0 Å². The van der Waals surface area contributed by atoms with Crippen LogP contribution >= 0.6 is 22.6 Å². The highest BCUT2D eigenvalue weighted by Crippen LogP contribution is 2.29. The molecule has 0 radical (unpaired) electrons. The number of aromatic nitrogens is 1. The highest BCUT2D eigenvalue weighted by Gasteiger charge is 2.23. The number of carboxylic acid groups (broad SMARTS) is 1. The van der Waals surface area contributed by atoms with Crippen LogP contribution < -0.4 is 0 Å². The molecule has 23 heavy (non-hydrogen) atoms. The Morgan fingerprint density at radius 2 is 2.09 bits per heavy atom. The summed E-state index contributed by atoms with van der Waals surface area (Å²) in [6.07, 6.45) is -0.189. The number of rotatable bonds is 3. The van der Waals surface area contributed by atoms with Crippen molar-refractivity contribution < 1.29 is 23.2 Å². The van der Waals surface area contributed by atoms with E-state index in [1.807, 2.05) is 22.6 Å². The summed E-state index contributed by atoms with van der Waals surface area (Å²) < 4.78 is 34.3. The summed E-state index contributed by atoms with van der Waals surface area (Å²) in [7, 11) is 0. The van der Waals surface area contributed by atoms with Crippen LogP contribution in [0.5, 0.6) is 0 Å². The molecule has 1 heterocycles. The molecule has 0 fully saturated rings. The molecule has 0 saturated carbocycles. The van der Waals surface area contributed by atoms with Gasteiger partial charge in [-0.25, -0.2) is 13.6 Å². The molecule has 3 rings (SSSR count). The zero-order valence-electron chi connectivity index (χ0n) is 11.9. The van der Waals surface area contributed by atoms with E-state index in [2.05, 4.69) is 5.16 Å². The largest absolute Gasteiger partial charge is 0.478 e. The first kappa shape index (κ1) is 15.9. The molecule has 0 bridgehead atoms. The fraction of sp³-hybridized carbons (Fsp3) is 0.125. The molecule has 4 nitrogen and oxygen atoms in total. The molecule has 2 aromatic carbocycles. The Hall–Kier alpha value is -2.03. The Morgan fingerprint density at radius 3 is 2.74 bits per heavy atom. The van der Waals surface area contributed by atoms with Gasteiger partial charge in [0.1, 0.15) is 5.82 Å². The number of hydrogen-bond acceptors (Lipinski definition) is 3. The van der Waals surface area contributed by atoms with Crippen molar-refractivity contribution in [2.75, 3.05) is 0 Å². The summed E-state index contributed by atoms with van der Waals surface area (Å²) >= 11 is 1.96. The molecule has 0 aliphatic rings. The Kier molecular flexibility index (Phi) is 4.05. The second kappa shape index (κ2) is 5.88. The molecule has 0 spiro atoms. The lowest BCUT2D eigenvalue weighted by atomic mass is 9.96. The molecule has 1 aromatic heterocycles. The molecule has 7 heteroatoms. The fourth-order valence-electron chi connectivity index (χ4n) is 2.41. The third-order valence-electron chi connectivity index (χ3n) is 3.60. The number of fused-ring (bicyclic) bond motifs is 1. The van der Waals surface area contributed by atoms with E-state index in [1.165, 1.54) is 18.2 Å². The molecular formula is C16H10F2INO3. The normalized spacial score (nSPS) is 11.1. The number of hydrogen-bond donors (Lipinski definition) is 1. The Bertz CT molecular complexity index is 937. The first-order valence-electron chi connectivity index (χ1n) is 6.63. The SMILES string of the molecule is Cc1noc2c(F)c(Cc3ccc(I)cc3F)c(C(=O)O)cc12. The number of benzene rings is 2. The maximum Gasteiger partial charge on any atom is 0.336 e. The third-order valence-corrected chi connectivity index (χ3v) is 4.27. The van der Waals surface area contributed by atoms with Gasteiger partial charge in [-0.3, -0.25) is 0 Å². The average molecular weight is 429 g/mol. The van der Waals surface area contributed by atoms with E-state index in [-0.39, 0.29) is 28.7 Å². The van der Waals surface area contributed by atoms with Crippen molar-refractivity contribution in [1.82, 2.24) is 5.16 Å². The van der Waals surface area contributed by atoms with Crippen molar-refractivity contribution in [3.05, 3.63) is 61.9 Å². The van der Waals surface area contributed by atoms with Crippen LogP contribution in [0, 0.1) is 22.1 Å². The second-order valence-electron chi connectivity index (χ2n) is 5.08. The molecule has 1 N–H and O–H groups in total. The third kappa shape index (κ3) is 2.80. The first-order valence-corrected chi connectivity index (χ1v) is 7.71. The second-order valence-corrected chi connectivity index (χ2v) is 6.32. The van der Waals surface area contributed by atoms with E-state index in [1.54, 1.807) is 13.0 Å². The van der Waals surface area contributed by atoms with Gasteiger partial charge in [-0.1, -0.05) is 11.2 Å². The molecule has 0 amide bonds. The summed E-state index contributed by atoms with van der Waals surface area (Å²) in [5.41, 5.74) is 0.143. The van der Waals surface area contributed by atoms with Crippen LogP contribution in [0.4, 0.5) is 8.78 Å². The number of nitrogens with zero attached hydrogens (tertiary/aromatic N) is 1. The molecule has 0 atom stereocenters. The molecule has 118 valence electrons. The summed E-state index contributed by atoms with van der Waals surface area (Å²) in [5.74, 6) is -2.62. The van der Waals surface area contributed by atoms with Gasteiger partial charge in [-0.05, 0) is 53.3 Å². The maximum absolute atomic E-state index is 14.7. The Balaban J connectivity index is 2.21. The standard InChI is InChI=1S/C16H10F2INO3/c1-7-10-6-12(16(21)22)11(14(18)15(10)23-20-7)4-8-2-3-9(19)5-13(8)17/h2-3,5-6H,4H2,1H3,(H,21,22). The maximum atomic E-state index is 14.7. The van der Waals surface area contributed by atoms with Crippen molar-refractivity contribution in [2.45, 2.75) is 13.3 Å². The number of aryl methyl sites for hydroxylation is 1. The fourth-order valence-corrected chi connectivity index (χ4v) is 2.86. The van der Waals surface area contributed by atoms with Crippen LogP contribution in [0.2, 0.25) is 0 Å². The number of carbonyl (C=O) groups is 1. The van der Waals surface area contributed by atoms with Crippen molar-refractivity contribution >= 4 is 39.5 Å². The van der Waals surface area contributed by atoms with Crippen LogP contribution in [0.1, 0.15) is 27.2 Å². The minimum atomic E-state index is -1.28. The topological polar surface area (TPSA) is 63.3 Å². The molecule has 0 saturated heterocycles. The first-order chi connectivity index (χ1) is 10.9. The lowest BCUT2D eigenvalue weighted by Gasteiger charge is -2.09. The van der Waals surface area contributed by atoms with Crippen molar-refractivity contribution in [3.63, 3.8) is 0 Å². The summed E-state index contributed by atoms with van der Waals surface area (Å²) in [4.78, 5) is 11.5. The van der Waals surface area contributed by atoms with Gasteiger partial charge in [0.05, 0.1) is 11.3 Å². The van der Waals surface area contributed by atoms with Gasteiger partial charge in [-0.15, -0.1) is 0 Å². The van der Waals surface area contributed by atoms with Crippen molar-refractivity contribution in [1.29, 1.82) is 0 Å². The lowest BCUT2D eigenvalue weighted by Crippen LogP contribution is -2.07. The number of halogens is 3. The van der Waals surface area contributed by atoms with Crippen LogP contribution in [-0.4, -0.2) is 16.2 Å². The van der Waals surface area contributed by atoms with Gasteiger partial charge in [0.25, 0.3) is 0 Å². The molecule has 0 aliphatic carbocycles. The van der Waals surface area contributed by atoms with E-state index < -0.39 is 17.6 Å². The molecule has 0 aliphatic heterocycles. The summed E-state index contributed by atoms with van der Waals surface area (Å²) in [6, 6.07) is 5.81. The molecule has 3 aromatic rings. The van der Waals surface area contributed by atoms with Crippen LogP contribution in [0.25, 0.3) is 11.0 Å². The smallest absolute Gasteiger partial charge is 0.336 e. The number of aromatic carboxylic acids is 1. The van der Waals surface area contributed by atoms with Gasteiger partial charge >= 0.3 is 5.97 Å². The van der Waals surface area contributed by atoms with Gasteiger partial charge in [0, 0.05) is 20.9 Å².